The van der Waals surface area contributed by atoms with Crippen molar-refractivity contribution < 1.29 is 4.79 Å². The van der Waals surface area contributed by atoms with Crippen LogP contribution < -0.4 is 5.73 Å². The Labute approximate surface area is 102 Å². The molecule has 4 nitrogen and oxygen atoms in total. The Morgan fingerprint density at radius 3 is 2.82 bits per heavy atom. The van der Waals surface area contributed by atoms with Gasteiger partial charge in [-0.2, -0.15) is 0 Å². The van der Waals surface area contributed by atoms with Gasteiger partial charge in [0.15, 0.2) is 0 Å². The number of rotatable bonds is 5. The molecule has 1 heterocycles. The van der Waals surface area contributed by atoms with Crippen LogP contribution in [-0.4, -0.2) is 35.9 Å². The quantitative estimate of drug-likeness (QED) is 0.804. The molecular formula is C13H21N3O. The van der Waals surface area contributed by atoms with Crippen LogP contribution in [0.15, 0.2) is 18.5 Å². The highest BCUT2D eigenvalue weighted by atomic mass is 16.2. The standard InChI is InChI=1S/C13H21N3O/c1-16(8-4-11-3-7-15-9-11)12(17)13(10-14)5-2-6-13/h3,7,9,15H,2,4-6,8,10,14H2,1H3. The molecule has 1 fully saturated rings. The maximum atomic E-state index is 12.3. The first kappa shape index (κ1) is 12.2. The van der Waals surface area contributed by atoms with Crippen LogP contribution in [0.1, 0.15) is 24.8 Å². The summed E-state index contributed by atoms with van der Waals surface area (Å²) >= 11 is 0. The molecule has 1 aromatic heterocycles. The van der Waals surface area contributed by atoms with Gasteiger partial charge in [-0.05, 0) is 30.9 Å². The molecule has 0 spiro atoms. The van der Waals surface area contributed by atoms with E-state index in [4.69, 9.17) is 5.73 Å². The number of nitrogens with zero attached hydrogens (tertiary/aromatic N) is 1. The molecule has 1 aromatic rings. The van der Waals surface area contributed by atoms with Gasteiger partial charge in [0.25, 0.3) is 0 Å². The Morgan fingerprint density at radius 2 is 2.35 bits per heavy atom. The average Bonchev–Trinajstić information content (AvgIpc) is 2.77. The number of hydrogen-bond acceptors (Lipinski definition) is 2. The summed E-state index contributed by atoms with van der Waals surface area (Å²) in [6.45, 7) is 1.25. The van der Waals surface area contributed by atoms with Crippen LogP contribution in [0, 0.1) is 5.41 Å². The van der Waals surface area contributed by atoms with E-state index in [2.05, 4.69) is 4.98 Å². The molecule has 0 bridgehead atoms. The molecule has 0 aromatic carbocycles. The predicted octanol–water partition coefficient (Wildman–Crippen LogP) is 1.14. The number of H-pyrrole nitrogens is 1. The minimum atomic E-state index is -0.243. The number of carbonyl (C=O) groups excluding carboxylic acids is 1. The summed E-state index contributed by atoms with van der Waals surface area (Å²) in [5.74, 6) is 0.224. The van der Waals surface area contributed by atoms with Crippen LogP contribution in [0.2, 0.25) is 0 Å². The summed E-state index contributed by atoms with van der Waals surface area (Å²) in [6, 6.07) is 2.04. The zero-order valence-electron chi connectivity index (χ0n) is 10.4. The van der Waals surface area contributed by atoms with Crippen molar-refractivity contribution in [1.29, 1.82) is 0 Å². The molecule has 1 saturated carbocycles. The van der Waals surface area contributed by atoms with Gasteiger partial charge in [-0.25, -0.2) is 0 Å². The van der Waals surface area contributed by atoms with Crippen LogP contribution in [-0.2, 0) is 11.2 Å². The van der Waals surface area contributed by atoms with Gasteiger partial charge in [-0.15, -0.1) is 0 Å². The van der Waals surface area contributed by atoms with Gasteiger partial charge in [0.05, 0.1) is 5.41 Å². The van der Waals surface area contributed by atoms with Crippen LogP contribution in [0.3, 0.4) is 0 Å². The zero-order valence-corrected chi connectivity index (χ0v) is 10.4. The number of hydrogen-bond donors (Lipinski definition) is 2. The highest BCUT2D eigenvalue weighted by Gasteiger charge is 2.44. The van der Waals surface area contributed by atoms with Crippen LogP contribution in [0.5, 0.6) is 0 Å². The van der Waals surface area contributed by atoms with E-state index >= 15 is 0 Å². The van der Waals surface area contributed by atoms with Crippen molar-refractivity contribution in [3.05, 3.63) is 24.0 Å². The molecule has 0 unspecified atom stereocenters. The lowest BCUT2D eigenvalue weighted by atomic mass is 9.68. The first-order valence-electron chi connectivity index (χ1n) is 6.25. The lowest BCUT2D eigenvalue weighted by Gasteiger charge is -2.41. The first-order chi connectivity index (χ1) is 8.18. The molecule has 3 N–H and O–H groups in total. The van der Waals surface area contributed by atoms with Gasteiger partial charge in [0, 0.05) is 32.5 Å². The number of carbonyl (C=O) groups is 1. The van der Waals surface area contributed by atoms with Crippen molar-refractivity contribution in [1.82, 2.24) is 9.88 Å². The maximum Gasteiger partial charge on any atom is 0.229 e. The van der Waals surface area contributed by atoms with Crippen molar-refractivity contribution in [2.75, 3.05) is 20.1 Å². The summed E-state index contributed by atoms with van der Waals surface area (Å²) in [6.07, 6.45) is 7.82. The summed E-state index contributed by atoms with van der Waals surface area (Å²) in [5, 5.41) is 0. The van der Waals surface area contributed by atoms with Gasteiger partial charge >= 0.3 is 0 Å². The summed E-state index contributed by atoms with van der Waals surface area (Å²) < 4.78 is 0. The molecule has 1 amide bonds. The SMILES string of the molecule is CN(CCc1cc[nH]c1)C(=O)C1(CN)CCC1. The Balaban J connectivity index is 1.87. The minimum Gasteiger partial charge on any atom is -0.367 e. The maximum absolute atomic E-state index is 12.3. The van der Waals surface area contributed by atoms with Crippen molar-refractivity contribution in [2.45, 2.75) is 25.7 Å². The van der Waals surface area contributed by atoms with E-state index < -0.39 is 0 Å². The van der Waals surface area contributed by atoms with Crippen LogP contribution >= 0.6 is 0 Å². The van der Waals surface area contributed by atoms with E-state index in [1.54, 1.807) is 0 Å². The van der Waals surface area contributed by atoms with Crippen LogP contribution in [0.25, 0.3) is 0 Å². The van der Waals surface area contributed by atoms with Crippen molar-refractivity contribution >= 4 is 5.91 Å². The molecule has 4 heteroatoms. The fraction of sp³-hybridized carbons (Fsp3) is 0.615. The molecule has 0 atom stereocenters. The Hall–Kier alpha value is -1.29. The molecule has 2 rings (SSSR count). The zero-order chi connectivity index (χ0) is 12.3. The largest absolute Gasteiger partial charge is 0.367 e. The molecule has 94 valence electrons. The second-order valence-corrected chi connectivity index (χ2v) is 5.03. The predicted molar refractivity (Wildman–Crippen MR) is 67.5 cm³/mol. The highest BCUT2D eigenvalue weighted by Crippen LogP contribution is 2.41. The molecule has 0 radical (unpaired) electrons. The molecule has 0 aliphatic heterocycles. The van der Waals surface area contributed by atoms with E-state index in [0.717, 1.165) is 32.2 Å². The average molecular weight is 235 g/mol. The van der Waals surface area contributed by atoms with E-state index in [-0.39, 0.29) is 11.3 Å². The lowest BCUT2D eigenvalue weighted by Crippen LogP contribution is -2.51. The summed E-state index contributed by atoms with van der Waals surface area (Å²) in [4.78, 5) is 17.1. The molecule has 1 aliphatic carbocycles. The van der Waals surface area contributed by atoms with Crippen molar-refractivity contribution in [3.8, 4) is 0 Å². The number of aromatic amines is 1. The van der Waals surface area contributed by atoms with E-state index in [1.807, 2.05) is 30.4 Å². The second-order valence-electron chi connectivity index (χ2n) is 5.03. The normalized spacial score (nSPS) is 17.5. The minimum absolute atomic E-state index is 0.224. The molecule has 0 saturated heterocycles. The monoisotopic (exact) mass is 235 g/mol. The Bertz CT molecular complexity index is 363. The first-order valence-corrected chi connectivity index (χ1v) is 6.25. The highest BCUT2D eigenvalue weighted by molar-refractivity contribution is 5.83. The Morgan fingerprint density at radius 1 is 1.59 bits per heavy atom. The summed E-state index contributed by atoms with van der Waals surface area (Å²) in [5.41, 5.74) is 6.74. The number of nitrogens with one attached hydrogen (secondary N) is 1. The van der Waals surface area contributed by atoms with Gasteiger partial charge in [0.2, 0.25) is 5.91 Å². The third-order valence-electron chi connectivity index (χ3n) is 3.90. The topological polar surface area (TPSA) is 62.1 Å². The second kappa shape index (κ2) is 4.92. The van der Waals surface area contributed by atoms with Gasteiger partial charge in [0.1, 0.15) is 0 Å². The third-order valence-corrected chi connectivity index (χ3v) is 3.90. The van der Waals surface area contributed by atoms with Crippen LogP contribution in [0.4, 0.5) is 0 Å². The van der Waals surface area contributed by atoms with Gasteiger partial charge in [-0.1, -0.05) is 6.42 Å². The van der Waals surface area contributed by atoms with E-state index in [1.165, 1.54) is 5.56 Å². The number of amides is 1. The van der Waals surface area contributed by atoms with Gasteiger partial charge < -0.3 is 15.6 Å². The number of aromatic nitrogens is 1. The van der Waals surface area contributed by atoms with Crippen molar-refractivity contribution in [3.63, 3.8) is 0 Å². The summed E-state index contributed by atoms with van der Waals surface area (Å²) in [7, 11) is 1.88. The number of likely N-dealkylation sites (N-methyl/N-ethyl adjacent to an activating group) is 1. The third kappa shape index (κ3) is 2.36. The fourth-order valence-corrected chi connectivity index (χ4v) is 2.43. The van der Waals surface area contributed by atoms with E-state index in [0.29, 0.717) is 6.54 Å². The molecule has 1 aliphatic rings. The molecule has 17 heavy (non-hydrogen) atoms. The number of nitrogens with two attached hydrogens (primary N) is 1. The van der Waals surface area contributed by atoms with Gasteiger partial charge in [-0.3, -0.25) is 4.79 Å². The van der Waals surface area contributed by atoms with Crippen molar-refractivity contribution in [2.24, 2.45) is 11.1 Å². The smallest absolute Gasteiger partial charge is 0.229 e. The fourth-order valence-electron chi connectivity index (χ4n) is 2.43. The lowest BCUT2D eigenvalue weighted by molar-refractivity contribution is -0.145. The molecular weight excluding hydrogens is 214 g/mol. The Kier molecular flexibility index (Phi) is 3.52. The van der Waals surface area contributed by atoms with E-state index in [9.17, 15) is 4.79 Å².